The van der Waals surface area contributed by atoms with Gasteiger partial charge in [0.1, 0.15) is 5.75 Å². The molecule has 0 saturated carbocycles. The Morgan fingerprint density at radius 1 is 1.04 bits per heavy atom. The summed E-state index contributed by atoms with van der Waals surface area (Å²) < 4.78 is 0. The van der Waals surface area contributed by atoms with Crippen molar-refractivity contribution in [3.8, 4) is 5.75 Å². The minimum absolute atomic E-state index is 0.0239. The standard InChI is InChI=1S/C17H11Cl2NO3S/c18-13-2-1-3-14(19)12(13)9-20-16(22)15(24-17(20)23)8-10-4-6-11(21)7-5-10/h1-8,21H,9H2. The van der Waals surface area contributed by atoms with Gasteiger partial charge in [0.25, 0.3) is 11.1 Å². The first kappa shape index (κ1) is 16.9. The van der Waals surface area contributed by atoms with Crippen molar-refractivity contribution in [2.45, 2.75) is 6.54 Å². The van der Waals surface area contributed by atoms with Crippen LogP contribution in [0, 0.1) is 0 Å². The Balaban J connectivity index is 1.85. The summed E-state index contributed by atoms with van der Waals surface area (Å²) in [6, 6.07) is 11.4. The van der Waals surface area contributed by atoms with E-state index in [1.807, 2.05) is 0 Å². The van der Waals surface area contributed by atoms with Crippen molar-refractivity contribution in [1.82, 2.24) is 4.90 Å². The largest absolute Gasteiger partial charge is 0.508 e. The Labute approximate surface area is 152 Å². The van der Waals surface area contributed by atoms with E-state index in [1.165, 1.54) is 12.1 Å². The van der Waals surface area contributed by atoms with Crippen LogP contribution in [0.4, 0.5) is 4.79 Å². The Morgan fingerprint density at radius 3 is 2.29 bits per heavy atom. The number of hydrogen-bond donors (Lipinski definition) is 1. The molecule has 1 N–H and O–H groups in total. The van der Waals surface area contributed by atoms with Crippen molar-refractivity contribution in [2.24, 2.45) is 0 Å². The number of carbonyl (C=O) groups is 2. The highest BCUT2D eigenvalue weighted by Crippen LogP contribution is 2.35. The van der Waals surface area contributed by atoms with Gasteiger partial charge in [0.05, 0.1) is 11.4 Å². The average molecular weight is 380 g/mol. The van der Waals surface area contributed by atoms with Crippen molar-refractivity contribution in [3.63, 3.8) is 0 Å². The zero-order valence-electron chi connectivity index (χ0n) is 12.2. The van der Waals surface area contributed by atoms with Crippen LogP contribution in [0.3, 0.4) is 0 Å². The minimum Gasteiger partial charge on any atom is -0.508 e. The Morgan fingerprint density at radius 2 is 1.67 bits per heavy atom. The average Bonchev–Trinajstić information content (AvgIpc) is 2.80. The molecule has 1 aliphatic heterocycles. The molecule has 1 aliphatic rings. The van der Waals surface area contributed by atoms with Crippen LogP contribution in [0.25, 0.3) is 6.08 Å². The molecule has 0 spiro atoms. The normalized spacial score (nSPS) is 16.2. The number of hydrogen-bond acceptors (Lipinski definition) is 4. The molecule has 1 saturated heterocycles. The number of rotatable bonds is 3. The second-order valence-corrected chi connectivity index (χ2v) is 6.87. The van der Waals surface area contributed by atoms with E-state index >= 15 is 0 Å². The van der Waals surface area contributed by atoms with Crippen molar-refractivity contribution < 1.29 is 14.7 Å². The number of amides is 2. The molecule has 2 amide bonds. The van der Waals surface area contributed by atoms with Gasteiger partial charge in [0.2, 0.25) is 0 Å². The third-order valence-corrected chi connectivity index (χ3v) is 5.06. The number of imide groups is 1. The van der Waals surface area contributed by atoms with Crippen molar-refractivity contribution >= 4 is 52.2 Å². The molecule has 2 aromatic rings. The SMILES string of the molecule is O=C1SC(=Cc2ccc(O)cc2)C(=O)N1Cc1c(Cl)cccc1Cl. The maximum absolute atomic E-state index is 12.5. The number of phenolic OH excluding ortho intramolecular Hbond substituents is 1. The fourth-order valence-electron chi connectivity index (χ4n) is 2.20. The molecule has 0 bridgehead atoms. The smallest absolute Gasteiger partial charge is 0.293 e. The molecule has 2 aromatic carbocycles. The summed E-state index contributed by atoms with van der Waals surface area (Å²) in [7, 11) is 0. The van der Waals surface area contributed by atoms with Crippen molar-refractivity contribution in [2.75, 3.05) is 0 Å². The summed E-state index contributed by atoms with van der Waals surface area (Å²) in [5.74, 6) is -0.261. The van der Waals surface area contributed by atoms with E-state index < -0.39 is 5.91 Å². The maximum atomic E-state index is 12.5. The second-order valence-electron chi connectivity index (χ2n) is 5.06. The lowest BCUT2D eigenvalue weighted by Gasteiger charge is -2.14. The van der Waals surface area contributed by atoms with Crippen LogP contribution in [-0.2, 0) is 11.3 Å². The number of benzene rings is 2. The fourth-order valence-corrected chi connectivity index (χ4v) is 3.55. The Bertz CT molecular complexity index is 829. The quantitative estimate of drug-likeness (QED) is 0.767. The van der Waals surface area contributed by atoms with Gasteiger partial charge >= 0.3 is 0 Å². The first-order valence-electron chi connectivity index (χ1n) is 6.93. The van der Waals surface area contributed by atoms with Gasteiger partial charge in [-0.3, -0.25) is 14.5 Å². The van der Waals surface area contributed by atoms with Crippen LogP contribution < -0.4 is 0 Å². The molecule has 24 heavy (non-hydrogen) atoms. The molecule has 0 unspecified atom stereocenters. The second kappa shape index (κ2) is 6.89. The van der Waals surface area contributed by atoms with Gasteiger partial charge in [-0.2, -0.15) is 0 Å². The van der Waals surface area contributed by atoms with Crippen LogP contribution >= 0.6 is 35.0 Å². The molecule has 4 nitrogen and oxygen atoms in total. The third-order valence-electron chi connectivity index (χ3n) is 3.44. The topological polar surface area (TPSA) is 57.6 Å². The highest BCUT2D eigenvalue weighted by molar-refractivity contribution is 8.18. The molecule has 0 atom stereocenters. The number of aromatic hydroxyl groups is 1. The minimum atomic E-state index is -0.394. The number of nitrogens with zero attached hydrogens (tertiary/aromatic N) is 1. The molecule has 7 heteroatoms. The van der Waals surface area contributed by atoms with Crippen LogP contribution in [0.15, 0.2) is 47.4 Å². The first-order chi connectivity index (χ1) is 11.5. The fraction of sp³-hybridized carbons (Fsp3) is 0.0588. The van der Waals surface area contributed by atoms with Gasteiger partial charge in [-0.05, 0) is 47.7 Å². The molecular formula is C17H11Cl2NO3S. The molecule has 0 aromatic heterocycles. The van der Waals surface area contributed by atoms with Gasteiger partial charge in [-0.1, -0.05) is 41.4 Å². The first-order valence-corrected chi connectivity index (χ1v) is 8.50. The highest BCUT2D eigenvalue weighted by atomic mass is 35.5. The number of halogens is 2. The maximum Gasteiger partial charge on any atom is 0.293 e. The lowest BCUT2D eigenvalue weighted by Crippen LogP contribution is -2.27. The van der Waals surface area contributed by atoms with E-state index in [9.17, 15) is 14.7 Å². The number of thioether (sulfide) groups is 1. The zero-order valence-corrected chi connectivity index (χ0v) is 14.5. The summed E-state index contributed by atoms with van der Waals surface area (Å²) in [5.41, 5.74) is 1.25. The predicted octanol–water partition coefficient (Wildman–Crippen LogP) is 4.94. The van der Waals surface area contributed by atoms with Crippen LogP contribution in [-0.4, -0.2) is 21.2 Å². The van der Waals surface area contributed by atoms with E-state index in [0.29, 0.717) is 26.1 Å². The van der Waals surface area contributed by atoms with E-state index in [2.05, 4.69) is 0 Å². The molecule has 122 valence electrons. The summed E-state index contributed by atoms with van der Waals surface area (Å²) in [5, 5.41) is 9.73. The van der Waals surface area contributed by atoms with E-state index in [-0.39, 0.29) is 17.5 Å². The van der Waals surface area contributed by atoms with Gasteiger partial charge in [-0.25, -0.2) is 0 Å². The number of carbonyl (C=O) groups excluding carboxylic acids is 2. The van der Waals surface area contributed by atoms with Crippen LogP contribution in [0.5, 0.6) is 5.75 Å². The van der Waals surface area contributed by atoms with Crippen molar-refractivity contribution in [3.05, 3.63) is 68.5 Å². The Kier molecular flexibility index (Phi) is 4.85. The summed E-state index contributed by atoms with van der Waals surface area (Å²) in [6.07, 6.45) is 1.61. The van der Waals surface area contributed by atoms with Gasteiger partial charge in [0.15, 0.2) is 0 Å². The number of phenols is 1. The third kappa shape index (κ3) is 3.43. The zero-order chi connectivity index (χ0) is 17.3. The molecule has 1 fully saturated rings. The predicted molar refractivity (Wildman–Crippen MR) is 96.1 cm³/mol. The molecular weight excluding hydrogens is 369 g/mol. The molecule has 0 aliphatic carbocycles. The Hall–Kier alpha value is -1.95. The van der Waals surface area contributed by atoms with Crippen LogP contribution in [0.2, 0.25) is 10.0 Å². The lowest BCUT2D eigenvalue weighted by molar-refractivity contribution is -0.123. The van der Waals surface area contributed by atoms with Gasteiger partial charge < -0.3 is 5.11 Å². The van der Waals surface area contributed by atoms with Gasteiger partial charge in [0, 0.05) is 15.6 Å². The lowest BCUT2D eigenvalue weighted by atomic mass is 10.2. The van der Waals surface area contributed by atoms with Crippen LogP contribution in [0.1, 0.15) is 11.1 Å². The monoisotopic (exact) mass is 379 g/mol. The van der Waals surface area contributed by atoms with E-state index in [0.717, 1.165) is 16.7 Å². The molecule has 3 rings (SSSR count). The van der Waals surface area contributed by atoms with E-state index in [4.69, 9.17) is 23.2 Å². The summed E-state index contributed by atoms with van der Waals surface area (Å²) in [6.45, 7) is 0.0239. The van der Waals surface area contributed by atoms with Gasteiger partial charge in [-0.15, -0.1) is 0 Å². The molecule has 0 radical (unpaired) electrons. The van der Waals surface area contributed by atoms with Crippen molar-refractivity contribution in [1.29, 1.82) is 0 Å². The summed E-state index contributed by atoms with van der Waals surface area (Å²) in [4.78, 5) is 26.1. The highest BCUT2D eigenvalue weighted by Gasteiger charge is 2.35. The van der Waals surface area contributed by atoms with E-state index in [1.54, 1.807) is 36.4 Å². The molecule has 1 heterocycles. The summed E-state index contributed by atoms with van der Waals surface area (Å²) >= 11 is 13.1.